The lowest BCUT2D eigenvalue weighted by molar-refractivity contribution is -0.121. The quantitative estimate of drug-likeness (QED) is 0.357. The molecule has 5 rings (SSSR count). The van der Waals surface area contributed by atoms with Crippen molar-refractivity contribution in [2.45, 2.75) is 80.6 Å². The molecule has 2 aliphatic carbocycles. The molecule has 0 bridgehead atoms. The molecule has 0 unspecified atom stereocenters. The molecule has 0 aliphatic heterocycles. The van der Waals surface area contributed by atoms with E-state index in [4.69, 9.17) is 4.98 Å². The summed E-state index contributed by atoms with van der Waals surface area (Å²) >= 11 is 1.26. The largest absolute Gasteiger partial charge is 0.348 e. The average Bonchev–Trinajstić information content (AvgIpc) is 3.72. The third-order valence-electron chi connectivity index (χ3n) is 6.38. The minimum Gasteiger partial charge on any atom is -0.348 e. The van der Waals surface area contributed by atoms with E-state index in [9.17, 15) is 14.4 Å². The Hall–Kier alpha value is -2.94. The van der Waals surface area contributed by atoms with Gasteiger partial charge in [-0.3, -0.25) is 19.1 Å². The van der Waals surface area contributed by atoms with Crippen molar-refractivity contribution < 1.29 is 4.79 Å². The lowest BCUT2D eigenvalue weighted by atomic mass is 10.0. The van der Waals surface area contributed by atoms with Gasteiger partial charge in [0.25, 0.3) is 5.56 Å². The van der Waals surface area contributed by atoms with Crippen molar-refractivity contribution >= 4 is 28.7 Å². The van der Waals surface area contributed by atoms with Crippen LogP contribution in [-0.4, -0.2) is 30.7 Å². The molecule has 8 nitrogen and oxygen atoms in total. The maximum atomic E-state index is 13.2. The summed E-state index contributed by atoms with van der Waals surface area (Å²) in [6, 6.07) is 9.94. The number of rotatable bonds is 9. The number of nitrogens with one attached hydrogen (secondary N) is 2. The number of carbonyl (C=O) groups excluding carboxylic acids is 1. The zero-order chi connectivity index (χ0) is 23.8. The van der Waals surface area contributed by atoms with Gasteiger partial charge in [-0.25, -0.2) is 14.8 Å². The van der Waals surface area contributed by atoms with Crippen LogP contribution in [0.2, 0.25) is 0 Å². The van der Waals surface area contributed by atoms with Crippen molar-refractivity contribution in [1.29, 1.82) is 0 Å². The van der Waals surface area contributed by atoms with Crippen molar-refractivity contribution in [2.24, 2.45) is 0 Å². The van der Waals surface area contributed by atoms with E-state index < -0.39 is 16.5 Å². The number of benzene rings is 1. The van der Waals surface area contributed by atoms with Crippen molar-refractivity contribution in [3.8, 4) is 0 Å². The standard InChI is InChI=1S/C25H29N5O3S/c1-3-7-18(15-8-5-4-6-9-15)26-22(31)14(2)34-24-19-21(27-20(28-24)16-10-11-16)30(17-12-13-17)25(33)29-23(19)32/h4-6,8-9,14,16-18H,3,7,10-13H2,1-2H3,(H,26,31)(H,29,32,33)/t14-,18+/m1/s1. The van der Waals surface area contributed by atoms with E-state index in [1.165, 1.54) is 11.8 Å². The first-order chi connectivity index (χ1) is 16.5. The van der Waals surface area contributed by atoms with Gasteiger partial charge >= 0.3 is 5.69 Å². The molecule has 0 saturated heterocycles. The Bertz CT molecular complexity index is 1330. The molecule has 2 aromatic heterocycles. The minimum absolute atomic E-state index is 0.0630. The molecule has 2 atom stereocenters. The number of thioether (sulfide) groups is 1. The molecule has 34 heavy (non-hydrogen) atoms. The zero-order valence-corrected chi connectivity index (χ0v) is 20.2. The Kier molecular flexibility index (Phi) is 6.29. The van der Waals surface area contributed by atoms with Crippen molar-refractivity contribution in [3.05, 3.63) is 62.6 Å². The first-order valence-electron chi connectivity index (χ1n) is 12.0. The van der Waals surface area contributed by atoms with Gasteiger partial charge in [0, 0.05) is 12.0 Å². The summed E-state index contributed by atoms with van der Waals surface area (Å²) < 4.78 is 1.60. The van der Waals surface area contributed by atoms with Gasteiger partial charge in [0.05, 0.1) is 11.3 Å². The Morgan fingerprint density at radius 3 is 2.56 bits per heavy atom. The van der Waals surface area contributed by atoms with Crippen molar-refractivity contribution in [1.82, 2.24) is 24.8 Å². The average molecular weight is 480 g/mol. The van der Waals surface area contributed by atoms with E-state index >= 15 is 0 Å². The van der Waals surface area contributed by atoms with Gasteiger partial charge in [-0.05, 0) is 44.6 Å². The van der Waals surface area contributed by atoms with Crippen LogP contribution in [0.4, 0.5) is 0 Å². The van der Waals surface area contributed by atoms with Gasteiger partial charge in [0.15, 0.2) is 5.65 Å². The topological polar surface area (TPSA) is 110 Å². The molecule has 2 fully saturated rings. The monoisotopic (exact) mass is 479 g/mol. The van der Waals surface area contributed by atoms with Crippen LogP contribution in [-0.2, 0) is 4.79 Å². The second kappa shape index (κ2) is 9.37. The number of aromatic nitrogens is 4. The van der Waals surface area contributed by atoms with E-state index in [2.05, 4.69) is 22.2 Å². The van der Waals surface area contributed by atoms with Gasteiger partial charge < -0.3 is 5.32 Å². The van der Waals surface area contributed by atoms with Crippen LogP contribution in [0.5, 0.6) is 0 Å². The zero-order valence-electron chi connectivity index (χ0n) is 19.4. The maximum absolute atomic E-state index is 13.2. The summed E-state index contributed by atoms with van der Waals surface area (Å²) in [5.41, 5.74) is 0.551. The second-order valence-corrected chi connectivity index (χ2v) is 10.6. The van der Waals surface area contributed by atoms with Gasteiger partial charge in [-0.2, -0.15) is 0 Å². The summed E-state index contributed by atoms with van der Waals surface area (Å²) in [6.07, 6.45) is 5.56. The summed E-state index contributed by atoms with van der Waals surface area (Å²) in [4.78, 5) is 50.4. The summed E-state index contributed by atoms with van der Waals surface area (Å²) in [5.74, 6) is 0.802. The van der Waals surface area contributed by atoms with Gasteiger partial charge in [-0.15, -0.1) is 0 Å². The highest BCUT2D eigenvalue weighted by Crippen LogP contribution is 2.41. The molecule has 178 valence electrons. The summed E-state index contributed by atoms with van der Waals surface area (Å²) in [6.45, 7) is 3.92. The molecule has 2 aliphatic rings. The Morgan fingerprint density at radius 1 is 1.18 bits per heavy atom. The van der Waals surface area contributed by atoms with Crippen LogP contribution in [0.15, 0.2) is 44.9 Å². The van der Waals surface area contributed by atoms with E-state index in [1.54, 1.807) is 4.57 Å². The number of aromatic amines is 1. The number of amides is 1. The lowest BCUT2D eigenvalue weighted by Gasteiger charge is -2.21. The predicted octanol–water partition coefficient (Wildman–Crippen LogP) is 3.83. The number of fused-ring (bicyclic) bond motifs is 1. The van der Waals surface area contributed by atoms with E-state index in [-0.39, 0.29) is 23.9 Å². The van der Waals surface area contributed by atoms with Crippen LogP contribution in [0.25, 0.3) is 11.0 Å². The smallest absolute Gasteiger partial charge is 0.330 e. The van der Waals surface area contributed by atoms with E-state index in [0.29, 0.717) is 21.9 Å². The van der Waals surface area contributed by atoms with Crippen LogP contribution in [0.3, 0.4) is 0 Å². The molecule has 2 N–H and O–H groups in total. The molecular formula is C25H29N5O3S. The summed E-state index contributed by atoms with van der Waals surface area (Å²) in [5, 5.41) is 3.46. The van der Waals surface area contributed by atoms with Crippen LogP contribution in [0, 0.1) is 0 Å². The second-order valence-electron chi connectivity index (χ2n) is 9.24. The first kappa shape index (κ1) is 22.8. The molecule has 3 aromatic rings. The lowest BCUT2D eigenvalue weighted by Crippen LogP contribution is -2.35. The molecule has 0 spiro atoms. The fourth-order valence-electron chi connectivity index (χ4n) is 4.22. The molecule has 0 radical (unpaired) electrons. The van der Waals surface area contributed by atoms with Crippen LogP contribution >= 0.6 is 11.8 Å². The fraction of sp³-hybridized carbons (Fsp3) is 0.480. The molecule has 1 aromatic carbocycles. The van der Waals surface area contributed by atoms with Crippen molar-refractivity contribution in [2.75, 3.05) is 0 Å². The molecular weight excluding hydrogens is 450 g/mol. The Morgan fingerprint density at radius 2 is 1.91 bits per heavy atom. The van der Waals surface area contributed by atoms with Gasteiger partial charge in [-0.1, -0.05) is 55.4 Å². The van der Waals surface area contributed by atoms with Gasteiger partial charge in [0.2, 0.25) is 5.91 Å². The minimum atomic E-state index is -0.498. The number of hydrogen-bond donors (Lipinski definition) is 2. The number of hydrogen-bond acceptors (Lipinski definition) is 6. The van der Waals surface area contributed by atoms with E-state index in [0.717, 1.165) is 44.1 Å². The molecule has 9 heteroatoms. The summed E-state index contributed by atoms with van der Waals surface area (Å²) in [7, 11) is 0. The number of carbonyl (C=O) groups is 1. The first-order valence-corrected chi connectivity index (χ1v) is 12.9. The Labute approximate surface area is 201 Å². The molecule has 2 saturated carbocycles. The van der Waals surface area contributed by atoms with Crippen LogP contribution < -0.4 is 16.6 Å². The molecule has 1 amide bonds. The number of H-pyrrole nitrogens is 1. The third kappa shape index (κ3) is 4.66. The highest BCUT2D eigenvalue weighted by atomic mass is 32.2. The molecule has 2 heterocycles. The Balaban J connectivity index is 1.47. The number of nitrogens with zero attached hydrogens (tertiary/aromatic N) is 3. The highest BCUT2D eigenvalue weighted by molar-refractivity contribution is 8.00. The highest BCUT2D eigenvalue weighted by Gasteiger charge is 2.33. The SMILES string of the molecule is CCC[C@H](NC(=O)[C@@H](C)Sc1nc(C2CC2)nc2c1c(=O)[nH]c(=O)n2C1CC1)c1ccccc1. The van der Waals surface area contributed by atoms with Crippen LogP contribution in [0.1, 0.15) is 81.8 Å². The third-order valence-corrected chi connectivity index (χ3v) is 7.46. The predicted molar refractivity (Wildman–Crippen MR) is 132 cm³/mol. The van der Waals surface area contributed by atoms with Gasteiger partial charge in [0.1, 0.15) is 16.2 Å². The van der Waals surface area contributed by atoms with Crippen molar-refractivity contribution in [3.63, 3.8) is 0 Å². The normalized spacial score (nSPS) is 17.5. The van der Waals surface area contributed by atoms with E-state index in [1.807, 2.05) is 37.3 Å². The maximum Gasteiger partial charge on any atom is 0.330 e. The fourth-order valence-corrected chi connectivity index (χ4v) is 5.18.